The van der Waals surface area contributed by atoms with Crippen LogP contribution in [0, 0.1) is 5.82 Å². The van der Waals surface area contributed by atoms with Crippen molar-refractivity contribution in [3.05, 3.63) is 114 Å². The first-order chi connectivity index (χ1) is 16.5. The first-order valence-electron chi connectivity index (χ1n) is 10.5. The van der Waals surface area contributed by atoms with Crippen molar-refractivity contribution in [2.24, 2.45) is 0 Å². The first-order valence-corrected chi connectivity index (χ1v) is 10.5. The molecule has 1 heterocycles. The Bertz CT molecular complexity index is 1320. The van der Waals surface area contributed by atoms with Crippen molar-refractivity contribution in [1.29, 1.82) is 0 Å². The van der Waals surface area contributed by atoms with Gasteiger partial charge < -0.3 is 15.2 Å². The van der Waals surface area contributed by atoms with E-state index in [1.165, 1.54) is 37.6 Å². The second kappa shape index (κ2) is 10.1. The summed E-state index contributed by atoms with van der Waals surface area (Å²) in [6, 6.07) is 22.4. The van der Waals surface area contributed by atoms with Gasteiger partial charge in [-0.2, -0.15) is 0 Å². The molecule has 0 radical (unpaired) electrons. The maximum Gasteiger partial charge on any atom is 0.255 e. The van der Waals surface area contributed by atoms with E-state index in [0.717, 1.165) is 0 Å². The highest BCUT2D eigenvalue weighted by atomic mass is 19.1. The zero-order chi connectivity index (χ0) is 24.1. The summed E-state index contributed by atoms with van der Waals surface area (Å²) in [6.45, 7) is 0. The lowest BCUT2D eigenvalue weighted by Crippen LogP contribution is -2.16. The van der Waals surface area contributed by atoms with Gasteiger partial charge in [0.25, 0.3) is 5.91 Å². The van der Waals surface area contributed by atoms with Gasteiger partial charge in [-0.05, 0) is 42.5 Å². The van der Waals surface area contributed by atoms with E-state index < -0.39 is 17.8 Å². The zero-order valence-corrected chi connectivity index (χ0v) is 18.2. The fourth-order valence-corrected chi connectivity index (χ4v) is 3.49. The second-order valence-electron chi connectivity index (χ2n) is 7.46. The van der Waals surface area contributed by atoms with Crippen LogP contribution >= 0.6 is 0 Å². The van der Waals surface area contributed by atoms with Gasteiger partial charge in [0.2, 0.25) is 0 Å². The van der Waals surface area contributed by atoms with Crippen LogP contribution in [0.15, 0.2) is 91.1 Å². The van der Waals surface area contributed by atoms with Crippen molar-refractivity contribution in [3.8, 4) is 17.0 Å². The Morgan fingerprint density at radius 1 is 0.941 bits per heavy atom. The number of ether oxygens (including phenoxy) is 1. The molecular weight excluding hydrogens is 435 g/mol. The third-order valence-corrected chi connectivity index (χ3v) is 5.26. The average Bonchev–Trinajstić information content (AvgIpc) is 2.88. The summed E-state index contributed by atoms with van der Waals surface area (Å²) >= 11 is 0. The number of hydrogen-bond acceptors (Lipinski definition) is 5. The van der Waals surface area contributed by atoms with Gasteiger partial charge in [0, 0.05) is 22.3 Å². The number of aliphatic hydroxyl groups excluding tert-OH is 1. The first kappa shape index (κ1) is 22.8. The van der Waals surface area contributed by atoms with E-state index in [4.69, 9.17) is 4.74 Å². The minimum Gasteiger partial charge on any atom is -0.496 e. The van der Waals surface area contributed by atoms with E-state index in [1.807, 2.05) is 0 Å². The number of anilines is 1. The topological polar surface area (TPSA) is 88.5 Å². The number of methoxy groups -OCH3 is 1. The van der Waals surface area contributed by atoms with Crippen LogP contribution < -0.4 is 10.1 Å². The van der Waals surface area contributed by atoms with Crippen LogP contribution in [0.5, 0.6) is 5.75 Å². The molecule has 7 heteroatoms. The Morgan fingerprint density at radius 3 is 2.35 bits per heavy atom. The highest BCUT2D eigenvalue weighted by Crippen LogP contribution is 2.29. The number of halogens is 1. The monoisotopic (exact) mass is 456 g/mol. The predicted molar refractivity (Wildman–Crippen MR) is 126 cm³/mol. The Balaban J connectivity index is 1.55. The maximum atomic E-state index is 14.0. The number of Topliss-reactive ketones (excluding diaryl/α,β-unsaturated/α-hetero) is 1. The lowest BCUT2D eigenvalue weighted by molar-refractivity contribution is 0.0741. The second-order valence-corrected chi connectivity index (χ2v) is 7.46. The highest BCUT2D eigenvalue weighted by molar-refractivity contribution is 6.05. The zero-order valence-electron chi connectivity index (χ0n) is 18.2. The molecule has 0 aliphatic heterocycles. The van der Waals surface area contributed by atoms with E-state index in [0.29, 0.717) is 22.5 Å². The van der Waals surface area contributed by atoms with Crippen molar-refractivity contribution < 1.29 is 23.8 Å². The summed E-state index contributed by atoms with van der Waals surface area (Å²) < 4.78 is 19.3. The largest absolute Gasteiger partial charge is 0.496 e. The van der Waals surface area contributed by atoms with E-state index in [1.54, 1.807) is 60.7 Å². The predicted octanol–water partition coefficient (Wildman–Crippen LogP) is 5.06. The van der Waals surface area contributed by atoms with Crippen LogP contribution in [0.25, 0.3) is 11.3 Å². The number of carbonyl (C=O) groups is 2. The van der Waals surface area contributed by atoms with Gasteiger partial charge in [-0.15, -0.1) is 0 Å². The number of aromatic nitrogens is 1. The molecule has 1 aromatic heterocycles. The van der Waals surface area contributed by atoms with Gasteiger partial charge in [0.05, 0.1) is 24.7 Å². The fourth-order valence-electron chi connectivity index (χ4n) is 3.49. The van der Waals surface area contributed by atoms with Gasteiger partial charge in [-0.1, -0.05) is 42.5 Å². The summed E-state index contributed by atoms with van der Waals surface area (Å²) in [5.74, 6) is -1.08. The van der Waals surface area contributed by atoms with E-state index in [9.17, 15) is 19.1 Å². The van der Waals surface area contributed by atoms with Crippen molar-refractivity contribution in [1.82, 2.24) is 4.98 Å². The van der Waals surface area contributed by atoms with Crippen molar-refractivity contribution in [2.45, 2.75) is 6.10 Å². The number of pyridine rings is 1. The normalized spacial score (nSPS) is 11.5. The average molecular weight is 456 g/mol. The molecule has 6 nitrogen and oxygen atoms in total. The number of carbonyl (C=O) groups excluding carboxylic acids is 2. The molecule has 0 saturated heterocycles. The quantitative estimate of drug-likeness (QED) is 0.379. The molecule has 3 aromatic carbocycles. The molecule has 2 N–H and O–H groups in total. The van der Waals surface area contributed by atoms with Gasteiger partial charge in [-0.25, -0.2) is 4.39 Å². The molecule has 0 aliphatic carbocycles. The molecule has 0 bridgehead atoms. The number of nitrogens with one attached hydrogen (secondary N) is 1. The summed E-state index contributed by atoms with van der Waals surface area (Å²) in [7, 11) is 1.42. The summed E-state index contributed by atoms with van der Waals surface area (Å²) in [5, 5.41) is 13.4. The minimum absolute atomic E-state index is 0.178. The molecule has 1 amide bonds. The lowest BCUT2D eigenvalue weighted by atomic mass is 9.97. The van der Waals surface area contributed by atoms with Crippen molar-refractivity contribution >= 4 is 17.4 Å². The van der Waals surface area contributed by atoms with Crippen LogP contribution in [0.4, 0.5) is 10.1 Å². The summed E-state index contributed by atoms with van der Waals surface area (Å²) in [4.78, 5) is 29.8. The number of nitrogens with zero attached hydrogens (tertiary/aromatic N) is 1. The number of rotatable bonds is 7. The minimum atomic E-state index is -1.51. The molecule has 1 atom stereocenters. The van der Waals surface area contributed by atoms with Gasteiger partial charge in [-0.3, -0.25) is 14.6 Å². The van der Waals surface area contributed by atoms with Gasteiger partial charge in [0.15, 0.2) is 5.78 Å². The number of amides is 1. The van der Waals surface area contributed by atoms with Crippen LogP contribution in [0.3, 0.4) is 0 Å². The Kier molecular flexibility index (Phi) is 6.75. The third-order valence-electron chi connectivity index (χ3n) is 5.26. The molecule has 170 valence electrons. The molecule has 34 heavy (non-hydrogen) atoms. The fraction of sp³-hybridized carbons (Fsp3) is 0.0741. The van der Waals surface area contributed by atoms with Crippen LogP contribution in [-0.4, -0.2) is 28.9 Å². The number of ketones is 1. The smallest absolute Gasteiger partial charge is 0.255 e. The molecule has 4 aromatic rings. The molecule has 0 saturated carbocycles. The maximum absolute atomic E-state index is 14.0. The third kappa shape index (κ3) is 4.84. The van der Waals surface area contributed by atoms with E-state index >= 15 is 0 Å². The van der Waals surface area contributed by atoms with E-state index in [-0.39, 0.29) is 22.7 Å². The lowest BCUT2D eigenvalue weighted by Gasteiger charge is -2.15. The van der Waals surface area contributed by atoms with Crippen molar-refractivity contribution in [2.75, 3.05) is 12.4 Å². The standard InChI is InChI=1S/C27H21FN2O4/c1-34-24-14-11-18(15-21(24)26(32)25(31)17-7-3-2-4-8-17)27(33)30-19-12-13-23(29-16-19)20-9-5-6-10-22(20)28/h2-16,26,32H,1H3,(H,30,33). The van der Waals surface area contributed by atoms with Gasteiger partial charge >= 0.3 is 0 Å². The van der Waals surface area contributed by atoms with Crippen molar-refractivity contribution in [3.63, 3.8) is 0 Å². The van der Waals surface area contributed by atoms with Crippen LogP contribution in [0.1, 0.15) is 32.4 Å². The highest BCUT2D eigenvalue weighted by Gasteiger charge is 2.24. The molecule has 1 unspecified atom stereocenters. The summed E-state index contributed by atoms with van der Waals surface area (Å²) in [5.41, 5.74) is 1.94. The summed E-state index contributed by atoms with van der Waals surface area (Å²) in [6.07, 6.45) is -0.0791. The SMILES string of the molecule is COc1ccc(C(=O)Nc2ccc(-c3ccccc3F)nc2)cc1C(O)C(=O)c1ccccc1. The Morgan fingerprint density at radius 2 is 1.68 bits per heavy atom. The van der Waals surface area contributed by atoms with Crippen LogP contribution in [0.2, 0.25) is 0 Å². The van der Waals surface area contributed by atoms with Gasteiger partial charge in [0.1, 0.15) is 17.7 Å². The molecule has 0 aliphatic rings. The Labute approximate surface area is 195 Å². The molecule has 0 fully saturated rings. The number of hydrogen-bond donors (Lipinski definition) is 2. The molecular formula is C27H21FN2O4. The van der Waals surface area contributed by atoms with E-state index in [2.05, 4.69) is 10.3 Å². The van der Waals surface area contributed by atoms with Crippen LogP contribution in [-0.2, 0) is 0 Å². The number of aliphatic hydroxyl groups is 1. The molecule has 4 rings (SSSR count). The number of benzene rings is 3. The Hall–Kier alpha value is -4.36. The molecule has 0 spiro atoms.